The highest BCUT2D eigenvalue weighted by Gasteiger charge is 2.06. The summed E-state index contributed by atoms with van der Waals surface area (Å²) in [6, 6.07) is 0. The van der Waals surface area contributed by atoms with E-state index in [-0.39, 0.29) is 0 Å². The molecule has 0 heterocycles. The summed E-state index contributed by atoms with van der Waals surface area (Å²) in [6.07, 6.45) is 37.1. The van der Waals surface area contributed by atoms with Gasteiger partial charge in [-0.05, 0) is 12.8 Å². The quantitative estimate of drug-likeness (QED) is 0.0923. The number of unbranched alkanes of at least 4 members (excludes halogenated alkanes) is 22. The minimum Gasteiger partial charge on any atom is -0.303 e. The molecule has 0 aromatic rings. The SMILES string of the molecule is CCCCCCCCCCCCCCCCC(C=O)CCCCCCCCCCCC. The monoisotopic (exact) mass is 436 g/mol. The van der Waals surface area contributed by atoms with Crippen LogP contribution in [0, 0.1) is 5.92 Å². The first-order chi connectivity index (χ1) is 15.3. The van der Waals surface area contributed by atoms with Gasteiger partial charge in [-0.15, -0.1) is 0 Å². The van der Waals surface area contributed by atoms with Gasteiger partial charge in [0.15, 0.2) is 0 Å². The second-order valence-corrected chi connectivity index (χ2v) is 10.3. The van der Waals surface area contributed by atoms with E-state index >= 15 is 0 Å². The van der Waals surface area contributed by atoms with Crippen molar-refractivity contribution in [3.8, 4) is 0 Å². The smallest absolute Gasteiger partial charge is 0.123 e. The molecule has 186 valence electrons. The lowest BCUT2D eigenvalue weighted by molar-refractivity contribution is -0.111. The Morgan fingerprint density at radius 3 is 0.839 bits per heavy atom. The van der Waals surface area contributed by atoms with Crippen LogP contribution in [0.15, 0.2) is 0 Å². The molecule has 0 radical (unpaired) electrons. The second-order valence-electron chi connectivity index (χ2n) is 10.3. The lowest BCUT2D eigenvalue weighted by atomic mass is 9.95. The molecule has 0 aromatic carbocycles. The summed E-state index contributed by atoms with van der Waals surface area (Å²) in [5, 5.41) is 0. The van der Waals surface area contributed by atoms with Gasteiger partial charge in [-0.1, -0.05) is 168 Å². The molecule has 1 unspecified atom stereocenters. The average molecular weight is 437 g/mol. The van der Waals surface area contributed by atoms with E-state index < -0.39 is 0 Å². The molecule has 1 atom stereocenters. The molecule has 1 nitrogen and oxygen atoms in total. The molecule has 0 aliphatic rings. The minimum absolute atomic E-state index is 0.339. The van der Waals surface area contributed by atoms with Crippen LogP contribution in [0.25, 0.3) is 0 Å². The van der Waals surface area contributed by atoms with E-state index in [9.17, 15) is 4.79 Å². The molecular weight excluding hydrogens is 376 g/mol. The van der Waals surface area contributed by atoms with Crippen LogP contribution in [-0.4, -0.2) is 6.29 Å². The third-order valence-corrected chi connectivity index (χ3v) is 7.05. The first kappa shape index (κ1) is 30.7. The van der Waals surface area contributed by atoms with E-state index in [0.717, 1.165) is 12.8 Å². The Labute approximate surface area is 197 Å². The molecule has 0 saturated carbocycles. The maximum Gasteiger partial charge on any atom is 0.123 e. The van der Waals surface area contributed by atoms with Gasteiger partial charge in [-0.25, -0.2) is 0 Å². The lowest BCUT2D eigenvalue weighted by Crippen LogP contribution is -2.02. The van der Waals surface area contributed by atoms with E-state index in [1.165, 1.54) is 160 Å². The third kappa shape index (κ3) is 25.8. The molecule has 0 fully saturated rings. The lowest BCUT2D eigenvalue weighted by Gasteiger charge is -2.10. The summed E-state index contributed by atoms with van der Waals surface area (Å²) in [5.74, 6) is 0.339. The Bertz CT molecular complexity index is 324. The van der Waals surface area contributed by atoms with Gasteiger partial charge in [0.1, 0.15) is 6.29 Å². The molecule has 0 bridgehead atoms. The van der Waals surface area contributed by atoms with Crippen LogP contribution in [0.4, 0.5) is 0 Å². The minimum atomic E-state index is 0.339. The van der Waals surface area contributed by atoms with E-state index in [0.29, 0.717) is 5.92 Å². The van der Waals surface area contributed by atoms with Crippen LogP contribution in [0.2, 0.25) is 0 Å². The summed E-state index contributed by atoms with van der Waals surface area (Å²) in [4.78, 5) is 11.4. The number of carbonyl (C=O) groups is 1. The van der Waals surface area contributed by atoms with Crippen molar-refractivity contribution >= 4 is 6.29 Å². The van der Waals surface area contributed by atoms with E-state index in [2.05, 4.69) is 13.8 Å². The molecule has 0 aliphatic carbocycles. The standard InChI is InChI=1S/C30H60O/c1-3-5-7-9-11-13-15-16-17-18-20-22-24-26-28-30(29-31)27-25-23-21-19-14-12-10-8-6-4-2/h29-30H,3-28H2,1-2H3. The fourth-order valence-electron chi connectivity index (χ4n) is 4.78. The van der Waals surface area contributed by atoms with Crippen LogP contribution >= 0.6 is 0 Å². The Hall–Kier alpha value is -0.330. The highest BCUT2D eigenvalue weighted by Crippen LogP contribution is 2.18. The second kappa shape index (κ2) is 27.7. The maximum atomic E-state index is 11.4. The number of rotatable bonds is 27. The molecule has 0 N–H and O–H groups in total. The Morgan fingerprint density at radius 2 is 0.613 bits per heavy atom. The zero-order chi connectivity index (χ0) is 22.7. The summed E-state index contributed by atoms with van der Waals surface area (Å²) in [6.45, 7) is 4.58. The van der Waals surface area contributed by atoms with Gasteiger partial charge in [0.25, 0.3) is 0 Å². The predicted molar refractivity (Wildman–Crippen MR) is 141 cm³/mol. The maximum absolute atomic E-state index is 11.4. The molecule has 31 heavy (non-hydrogen) atoms. The van der Waals surface area contributed by atoms with Crippen molar-refractivity contribution in [1.82, 2.24) is 0 Å². The first-order valence-electron chi connectivity index (χ1n) is 14.8. The molecule has 0 aliphatic heterocycles. The Balaban J connectivity index is 3.27. The first-order valence-corrected chi connectivity index (χ1v) is 14.8. The van der Waals surface area contributed by atoms with E-state index in [4.69, 9.17) is 0 Å². The van der Waals surface area contributed by atoms with Crippen LogP contribution < -0.4 is 0 Å². The number of hydrogen-bond donors (Lipinski definition) is 0. The van der Waals surface area contributed by atoms with E-state index in [1.807, 2.05) is 0 Å². The highest BCUT2D eigenvalue weighted by molar-refractivity contribution is 5.53. The van der Waals surface area contributed by atoms with Crippen LogP contribution in [-0.2, 0) is 4.79 Å². The number of hydrogen-bond acceptors (Lipinski definition) is 1. The van der Waals surface area contributed by atoms with Crippen LogP contribution in [0.5, 0.6) is 0 Å². The van der Waals surface area contributed by atoms with Gasteiger partial charge < -0.3 is 4.79 Å². The molecule has 0 rings (SSSR count). The van der Waals surface area contributed by atoms with Crippen molar-refractivity contribution in [1.29, 1.82) is 0 Å². The largest absolute Gasteiger partial charge is 0.303 e. The number of aldehydes is 1. The summed E-state index contributed by atoms with van der Waals surface area (Å²) < 4.78 is 0. The average Bonchev–Trinajstić information content (AvgIpc) is 2.79. The normalized spacial score (nSPS) is 12.3. The van der Waals surface area contributed by atoms with Gasteiger partial charge in [-0.2, -0.15) is 0 Å². The van der Waals surface area contributed by atoms with Crippen molar-refractivity contribution in [2.45, 2.75) is 181 Å². The van der Waals surface area contributed by atoms with Crippen molar-refractivity contribution in [2.24, 2.45) is 5.92 Å². The topological polar surface area (TPSA) is 17.1 Å². The fraction of sp³-hybridized carbons (Fsp3) is 0.967. The molecule has 0 spiro atoms. The van der Waals surface area contributed by atoms with Gasteiger partial charge in [0.2, 0.25) is 0 Å². The Morgan fingerprint density at radius 1 is 0.387 bits per heavy atom. The van der Waals surface area contributed by atoms with Crippen molar-refractivity contribution < 1.29 is 4.79 Å². The van der Waals surface area contributed by atoms with Gasteiger partial charge in [0.05, 0.1) is 0 Å². The highest BCUT2D eigenvalue weighted by atomic mass is 16.1. The van der Waals surface area contributed by atoms with Gasteiger partial charge >= 0.3 is 0 Å². The van der Waals surface area contributed by atoms with Crippen LogP contribution in [0.1, 0.15) is 181 Å². The zero-order valence-electron chi connectivity index (χ0n) is 21.9. The molecular formula is C30H60O. The molecule has 0 amide bonds. The molecule has 0 saturated heterocycles. The van der Waals surface area contributed by atoms with E-state index in [1.54, 1.807) is 0 Å². The Kier molecular flexibility index (Phi) is 27.4. The van der Waals surface area contributed by atoms with Crippen molar-refractivity contribution in [3.05, 3.63) is 0 Å². The van der Waals surface area contributed by atoms with Crippen molar-refractivity contribution in [3.63, 3.8) is 0 Å². The fourth-order valence-corrected chi connectivity index (χ4v) is 4.78. The molecule has 0 aromatic heterocycles. The van der Waals surface area contributed by atoms with Crippen LogP contribution in [0.3, 0.4) is 0 Å². The molecule has 1 heteroatoms. The zero-order valence-corrected chi connectivity index (χ0v) is 21.9. The van der Waals surface area contributed by atoms with Gasteiger partial charge in [0, 0.05) is 5.92 Å². The van der Waals surface area contributed by atoms with Gasteiger partial charge in [-0.3, -0.25) is 0 Å². The predicted octanol–water partition coefficient (Wildman–Crippen LogP) is 11.0. The summed E-state index contributed by atoms with van der Waals surface area (Å²) in [5.41, 5.74) is 0. The number of carbonyl (C=O) groups excluding carboxylic acids is 1. The summed E-state index contributed by atoms with van der Waals surface area (Å²) in [7, 11) is 0. The van der Waals surface area contributed by atoms with Crippen molar-refractivity contribution in [2.75, 3.05) is 0 Å². The summed E-state index contributed by atoms with van der Waals surface area (Å²) >= 11 is 0. The third-order valence-electron chi connectivity index (χ3n) is 7.05.